The highest BCUT2D eigenvalue weighted by atomic mass is 16.2. The molecular formula is C16H29N3O. The highest BCUT2D eigenvalue weighted by Gasteiger charge is 2.41. The van der Waals surface area contributed by atoms with Gasteiger partial charge in [0, 0.05) is 12.1 Å². The Bertz CT molecular complexity index is 341. The molecule has 1 amide bonds. The smallest absolute Gasteiger partial charge is 0.237 e. The predicted octanol–water partition coefficient (Wildman–Crippen LogP) is 1.51. The molecule has 114 valence electrons. The summed E-state index contributed by atoms with van der Waals surface area (Å²) < 4.78 is 0. The van der Waals surface area contributed by atoms with E-state index in [2.05, 4.69) is 22.5 Å². The molecule has 1 saturated carbocycles. The molecule has 20 heavy (non-hydrogen) atoms. The lowest BCUT2D eigenvalue weighted by molar-refractivity contribution is -0.126. The fraction of sp³-hybridized carbons (Fsp3) is 0.938. The van der Waals surface area contributed by atoms with Crippen LogP contribution in [0.15, 0.2) is 0 Å². The van der Waals surface area contributed by atoms with Gasteiger partial charge in [-0.15, -0.1) is 0 Å². The Morgan fingerprint density at radius 1 is 1.30 bits per heavy atom. The lowest BCUT2D eigenvalue weighted by Crippen LogP contribution is -2.51. The molecule has 0 aromatic rings. The summed E-state index contributed by atoms with van der Waals surface area (Å²) in [6, 6.07) is 1.26. The summed E-state index contributed by atoms with van der Waals surface area (Å²) >= 11 is 0. The van der Waals surface area contributed by atoms with Crippen molar-refractivity contribution < 1.29 is 4.79 Å². The first-order valence-corrected chi connectivity index (χ1v) is 8.56. The van der Waals surface area contributed by atoms with Gasteiger partial charge in [-0.3, -0.25) is 9.69 Å². The van der Waals surface area contributed by atoms with Crippen LogP contribution in [0.3, 0.4) is 0 Å². The lowest BCUT2D eigenvalue weighted by Gasteiger charge is -2.35. The molecule has 1 aliphatic carbocycles. The molecule has 0 bridgehead atoms. The normalized spacial score (nSPS) is 35.1. The number of nitrogens with zero attached hydrogens (tertiary/aromatic N) is 1. The topological polar surface area (TPSA) is 44.4 Å². The monoisotopic (exact) mass is 279 g/mol. The zero-order valence-corrected chi connectivity index (χ0v) is 12.7. The van der Waals surface area contributed by atoms with E-state index in [-0.39, 0.29) is 6.04 Å². The summed E-state index contributed by atoms with van der Waals surface area (Å²) in [6.07, 6.45) is 8.36. The maximum atomic E-state index is 12.5. The number of hydrogen-bond acceptors (Lipinski definition) is 3. The number of carbonyl (C=O) groups excluding carboxylic acids is 1. The first-order valence-electron chi connectivity index (χ1n) is 8.56. The fourth-order valence-electron chi connectivity index (χ4n) is 4.04. The Labute approximate surface area is 122 Å². The summed E-state index contributed by atoms with van der Waals surface area (Å²) in [5.41, 5.74) is 0. The maximum absolute atomic E-state index is 12.5. The molecule has 3 rings (SSSR count). The zero-order valence-electron chi connectivity index (χ0n) is 12.7. The van der Waals surface area contributed by atoms with Crippen molar-refractivity contribution in [3.63, 3.8) is 0 Å². The molecule has 4 nitrogen and oxygen atoms in total. The largest absolute Gasteiger partial charge is 0.352 e. The minimum atomic E-state index is 0.154. The van der Waals surface area contributed by atoms with E-state index in [9.17, 15) is 4.79 Å². The van der Waals surface area contributed by atoms with E-state index < -0.39 is 0 Å². The van der Waals surface area contributed by atoms with Crippen molar-refractivity contribution in [1.29, 1.82) is 0 Å². The van der Waals surface area contributed by atoms with Crippen LogP contribution in [0.4, 0.5) is 0 Å². The third-order valence-corrected chi connectivity index (χ3v) is 5.28. The molecule has 0 aromatic heterocycles. The lowest BCUT2D eigenvalue weighted by atomic mass is 10.0. The highest BCUT2D eigenvalue weighted by molar-refractivity contribution is 5.82. The van der Waals surface area contributed by atoms with Gasteiger partial charge in [0.05, 0.1) is 6.04 Å². The summed E-state index contributed by atoms with van der Waals surface area (Å²) in [5.74, 6) is 1.07. The van der Waals surface area contributed by atoms with E-state index in [0.717, 1.165) is 32.0 Å². The average Bonchev–Trinajstić information content (AvgIpc) is 3.02. The second kappa shape index (κ2) is 6.44. The second-order valence-electron chi connectivity index (χ2n) is 6.78. The van der Waals surface area contributed by atoms with Gasteiger partial charge in [0.2, 0.25) is 5.91 Å². The minimum absolute atomic E-state index is 0.154. The van der Waals surface area contributed by atoms with Crippen LogP contribution in [-0.2, 0) is 4.79 Å². The van der Waals surface area contributed by atoms with Crippen LogP contribution in [0.25, 0.3) is 0 Å². The van der Waals surface area contributed by atoms with Crippen molar-refractivity contribution in [1.82, 2.24) is 15.5 Å². The molecule has 0 aromatic carbocycles. The number of nitrogens with one attached hydrogen (secondary N) is 2. The Kier molecular flexibility index (Phi) is 4.61. The summed E-state index contributed by atoms with van der Waals surface area (Å²) in [7, 11) is 0. The van der Waals surface area contributed by atoms with E-state index in [1.54, 1.807) is 0 Å². The van der Waals surface area contributed by atoms with E-state index in [4.69, 9.17) is 0 Å². The number of piperidine rings is 1. The summed E-state index contributed by atoms with van der Waals surface area (Å²) in [5, 5.41) is 6.72. The quantitative estimate of drug-likeness (QED) is 0.802. The second-order valence-corrected chi connectivity index (χ2v) is 6.78. The standard InChI is InChI=1S/C16H29N3O/c1-2-4-12-11-14(12)18-16(20)15-5-3-10-19(15)13-6-8-17-9-7-13/h12-15,17H,2-11H2,1H3,(H,18,20). The van der Waals surface area contributed by atoms with Crippen molar-refractivity contribution >= 4 is 5.91 Å². The van der Waals surface area contributed by atoms with Gasteiger partial charge in [-0.2, -0.15) is 0 Å². The Balaban J connectivity index is 1.51. The number of carbonyl (C=O) groups is 1. The van der Waals surface area contributed by atoms with E-state index in [0.29, 0.717) is 18.0 Å². The SMILES string of the molecule is CCCC1CC1NC(=O)C1CCCN1C1CCNCC1. The van der Waals surface area contributed by atoms with Crippen molar-refractivity contribution in [3.05, 3.63) is 0 Å². The van der Waals surface area contributed by atoms with Crippen LogP contribution in [0, 0.1) is 5.92 Å². The van der Waals surface area contributed by atoms with Gasteiger partial charge in [-0.05, 0) is 64.1 Å². The maximum Gasteiger partial charge on any atom is 0.237 e. The Morgan fingerprint density at radius 2 is 2.10 bits per heavy atom. The Morgan fingerprint density at radius 3 is 2.85 bits per heavy atom. The van der Waals surface area contributed by atoms with Gasteiger partial charge in [0.15, 0.2) is 0 Å². The van der Waals surface area contributed by atoms with Gasteiger partial charge < -0.3 is 10.6 Å². The number of amides is 1. The van der Waals surface area contributed by atoms with Crippen LogP contribution in [0.5, 0.6) is 0 Å². The summed E-state index contributed by atoms with van der Waals surface area (Å²) in [6.45, 7) is 5.56. The molecule has 2 N–H and O–H groups in total. The van der Waals surface area contributed by atoms with Crippen LogP contribution in [0.2, 0.25) is 0 Å². The molecule has 4 heteroatoms. The molecule has 2 saturated heterocycles. The van der Waals surface area contributed by atoms with Crippen LogP contribution < -0.4 is 10.6 Å². The predicted molar refractivity (Wildman–Crippen MR) is 80.6 cm³/mol. The van der Waals surface area contributed by atoms with Gasteiger partial charge in [-0.1, -0.05) is 13.3 Å². The molecule has 3 fully saturated rings. The molecule has 2 aliphatic heterocycles. The number of rotatable bonds is 5. The first kappa shape index (κ1) is 14.3. The third kappa shape index (κ3) is 3.17. The van der Waals surface area contributed by atoms with Gasteiger partial charge in [-0.25, -0.2) is 0 Å². The zero-order chi connectivity index (χ0) is 13.9. The molecule has 3 aliphatic rings. The molecule has 0 radical (unpaired) electrons. The Hall–Kier alpha value is -0.610. The van der Waals surface area contributed by atoms with Crippen molar-refractivity contribution in [2.24, 2.45) is 5.92 Å². The molecule has 2 heterocycles. The van der Waals surface area contributed by atoms with Crippen molar-refractivity contribution in [3.8, 4) is 0 Å². The van der Waals surface area contributed by atoms with Gasteiger partial charge >= 0.3 is 0 Å². The summed E-state index contributed by atoms with van der Waals surface area (Å²) in [4.78, 5) is 15.0. The number of likely N-dealkylation sites (tertiary alicyclic amines) is 1. The highest BCUT2D eigenvalue weighted by Crippen LogP contribution is 2.35. The molecular weight excluding hydrogens is 250 g/mol. The first-order chi connectivity index (χ1) is 9.79. The number of hydrogen-bond donors (Lipinski definition) is 2. The minimum Gasteiger partial charge on any atom is -0.352 e. The van der Waals surface area contributed by atoms with Gasteiger partial charge in [0.1, 0.15) is 0 Å². The van der Waals surface area contributed by atoms with E-state index in [1.165, 1.54) is 38.5 Å². The van der Waals surface area contributed by atoms with Crippen LogP contribution >= 0.6 is 0 Å². The van der Waals surface area contributed by atoms with Crippen LogP contribution in [0.1, 0.15) is 51.9 Å². The van der Waals surface area contributed by atoms with Crippen molar-refractivity contribution in [2.45, 2.75) is 70.0 Å². The van der Waals surface area contributed by atoms with Crippen LogP contribution in [-0.4, -0.2) is 48.6 Å². The van der Waals surface area contributed by atoms with Gasteiger partial charge in [0.25, 0.3) is 0 Å². The average molecular weight is 279 g/mol. The van der Waals surface area contributed by atoms with E-state index >= 15 is 0 Å². The molecule has 3 unspecified atom stereocenters. The van der Waals surface area contributed by atoms with E-state index in [1.807, 2.05) is 0 Å². The molecule has 0 spiro atoms. The molecule has 3 atom stereocenters. The fourth-order valence-corrected chi connectivity index (χ4v) is 4.04. The third-order valence-electron chi connectivity index (χ3n) is 5.28. The van der Waals surface area contributed by atoms with Crippen molar-refractivity contribution in [2.75, 3.05) is 19.6 Å².